The molecule has 9 heteroatoms. The second-order valence-electron chi connectivity index (χ2n) is 8.23. The molecule has 3 rings (SSSR count). The van der Waals surface area contributed by atoms with Gasteiger partial charge in [-0.15, -0.1) is 0 Å². The monoisotopic (exact) mass is 441 g/mol. The molecule has 1 amide bonds. The summed E-state index contributed by atoms with van der Waals surface area (Å²) in [5.74, 6) is -0.180. The van der Waals surface area contributed by atoms with Gasteiger partial charge < -0.3 is 9.64 Å². The van der Waals surface area contributed by atoms with E-state index >= 15 is 0 Å². The van der Waals surface area contributed by atoms with Crippen LogP contribution in [-0.2, 0) is 19.6 Å². The number of rotatable bonds is 8. The van der Waals surface area contributed by atoms with Gasteiger partial charge in [-0.1, -0.05) is 20.3 Å². The number of halogens is 1. The van der Waals surface area contributed by atoms with Crippen LogP contribution in [-0.4, -0.2) is 68.6 Å². The minimum Gasteiger partial charge on any atom is -0.385 e. The van der Waals surface area contributed by atoms with Crippen LogP contribution in [0.25, 0.3) is 0 Å². The minimum atomic E-state index is -3.70. The number of nitrogens with one attached hydrogen (secondary N) is 1. The Bertz CT molecular complexity index is 838. The van der Waals surface area contributed by atoms with Gasteiger partial charge in [0.2, 0.25) is 15.9 Å². The first-order valence-corrected chi connectivity index (χ1v) is 12.0. The molecule has 2 atom stereocenters. The molecule has 1 aromatic carbocycles. The molecule has 0 unspecified atom stereocenters. The number of methoxy groups -OCH3 is 1. The van der Waals surface area contributed by atoms with Crippen molar-refractivity contribution in [2.45, 2.75) is 56.1 Å². The van der Waals surface area contributed by atoms with Crippen LogP contribution >= 0.6 is 0 Å². The third-order valence-electron chi connectivity index (χ3n) is 6.42. The number of ether oxygens (including phenoxy) is 1. The average Bonchev–Trinajstić information content (AvgIpc) is 3.00. The smallest absolute Gasteiger partial charge is 0.243 e. The number of carbonyl (C=O) groups is 1. The molecule has 7 nitrogen and oxygen atoms in total. The molecule has 2 saturated heterocycles. The number of piperidine rings is 1. The second-order valence-corrected chi connectivity index (χ2v) is 10.2. The lowest BCUT2D eigenvalue weighted by Crippen LogP contribution is -2.59. The van der Waals surface area contributed by atoms with Crippen LogP contribution in [0.4, 0.5) is 4.39 Å². The maximum absolute atomic E-state index is 13.2. The van der Waals surface area contributed by atoms with E-state index in [0.717, 1.165) is 25.0 Å². The summed E-state index contributed by atoms with van der Waals surface area (Å²) < 4.78 is 45.7. The van der Waals surface area contributed by atoms with Crippen molar-refractivity contribution in [3.05, 3.63) is 30.1 Å². The lowest BCUT2D eigenvalue weighted by Gasteiger charge is -2.44. The van der Waals surface area contributed by atoms with Crippen molar-refractivity contribution >= 4 is 15.9 Å². The molecule has 1 aromatic rings. The van der Waals surface area contributed by atoms with Crippen LogP contribution in [0.5, 0.6) is 0 Å². The minimum absolute atomic E-state index is 0.0877. The average molecular weight is 442 g/mol. The summed E-state index contributed by atoms with van der Waals surface area (Å²) in [5, 5.41) is 3.57. The topological polar surface area (TPSA) is 79.0 Å². The highest BCUT2D eigenvalue weighted by Gasteiger charge is 2.53. The summed E-state index contributed by atoms with van der Waals surface area (Å²) in [6.45, 7) is 5.88. The van der Waals surface area contributed by atoms with Gasteiger partial charge in [-0.25, -0.2) is 12.8 Å². The van der Waals surface area contributed by atoms with Gasteiger partial charge >= 0.3 is 0 Å². The number of hydrogen-bond donors (Lipinski definition) is 1. The maximum atomic E-state index is 13.2. The van der Waals surface area contributed by atoms with E-state index in [4.69, 9.17) is 4.74 Å². The molecule has 1 spiro atoms. The van der Waals surface area contributed by atoms with Gasteiger partial charge in [0.1, 0.15) is 5.82 Å². The molecule has 30 heavy (non-hydrogen) atoms. The van der Waals surface area contributed by atoms with E-state index in [-0.39, 0.29) is 22.8 Å². The van der Waals surface area contributed by atoms with Crippen molar-refractivity contribution < 1.29 is 22.3 Å². The van der Waals surface area contributed by atoms with E-state index in [1.165, 1.54) is 16.4 Å². The molecule has 0 aliphatic carbocycles. The number of sulfonamides is 1. The predicted octanol–water partition coefficient (Wildman–Crippen LogP) is 2.19. The van der Waals surface area contributed by atoms with E-state index in [1.54, 1.807) is 7.11 Å². The summed E-state index contributed by atoms with van der Waals surface area (Å²) in [6.07, 6.45) is 2.64. The fourth-order valence-corrected chi connectivity index (χ4v) is 5.83. The molecule has 0 aromatic heterocycles. The van der Waals surface area contributed by atoms with Gasteiger partial charge in [0.25, 0.3) is 0 Å². The zero-order chi connectivity index (χ0) is 21.9. The highest BCUT2D eigenvalue weighted by Crippen LogP contribution is 2.36. The van der Waals surface area contributed by atoms with E-state index in [0.29, 0.717) is 39.1 Å². The van der Waals surface area contributed by atoms with Gasteiger partial charge in [0.15, 0.2) is 0 Å². The fraction of sp³-hybridized carbons (Fsp3) is 0.667. The molecule has 1 N–H and O–H groups in total. The van der Waals surface area contributed by atoms with E-state index in [1.807, 2.05) is 4.90 Å². The summed E-state index contributed by atoms with van der Waals surface area (Å²) in [4.78, 5) is 15.2. The molecule has 2 fully saturated rings. The van der Waals surface area contributed by atoms with Crippen LogP contribution in [0.3, 0.4) is 0 Å². The quantitative estimate of drug-likeness (QED) is 0.626. The summed E-state index contributed by atoms with van der Waals surface area (Å²) in [5.41, 5.74) is -0.534. The Morgan fingerprint density at radius 3 is 2.47 bits per heavy atom. The Balaban J connectivity index is 1.77. The highest BCUT2D eigenvalue weighted by molar-refractivity contribution is 7.89. The molecule has 168 valence electrons. The van der Waals surface area contributed by atoms with Crippen LogP contribution < -0.4 is 5.32 Å². The number of nitrogens with zero attached hydrogens (tertiary/aromatic N) is 2. The van der Waals surface area contributed by atoms with E-state index in [2.05, 4.69) is 19.2 Å². The normalized spacial score (nSPS) is 23.3. The molecule has 2 aliphatic rings. The summed E-state index contributed by atoms with van der Waals surface area (Å²) in [6, 6.07) is 4.65. The van der Waals surface area contributed by atoms with Crippen molar-refractivity contribution in [3.8, 4) is 0 Å². The van der Waals surface area contributed by atoms with Crippen molar-refractivity contribution in [2.75, 3.05) is 33.4 Å². The van der Waals surface area contributed by atoms with Gasteiger partial charge in [-0.2, -0.15) is 4.31 Å². The first-order chi connectivity index (χ1) is 14.2. The Hall–Kier alpha value is -1.55. The zero-order valence-corrected chi connectivity index (χ0v) is 18.8. The molecule has 2 heterocycles. The Labute approximate surface area is 178 Å². The summed E-state index contributed by atoms with van der Waals surface area (Å²) in [7, 11) is -2.06. The van der Waals surface area contributed by atoms with Crippen molar-refractivity contribution in [1.82, 2.24) is 14.5 Å². The van der Waals surface area contributed by atoms with Crippen LogP contribution in [0.2, 0.25) is 0 Å². The van der Waals surface area contributed by atoms with Crippen molar-refractivity contribution in [1.29, 1.82) is 0 Å². The van der Waals surface area contributed by atoms with Crippen molar-refractivity contribution in [3.63, 3.8) is 0 Å². The molecule has 0 radical (unpaired) electrons. The molecular formula is C21H32FN3O4S. The summed E-state index contributed by atoms with van der Waals surface area (Å²) >= 11 is 0. The second kappa shape index (κ2) is 9.30. The lowest BCUT2D eigenvalue weighted by molar-refractivity contribution is -0.134. The zero-order valence-electron chi connectivity index (χ0n) is 17.9. The largest absolute Gasteiger partial charge is 0.385 e. The van der Waals surface area contributed by atoms with Gasteiger partial charge in [0.05, 0.1) is 16.6 Å². The fourth-order valence-electron chi connectivity index (χ4n) is 4.39. The van der Waals surface area contributed by atoms with Gasteiger partial charge in [-0.05, 0) is 49.4 Å². The Morgan fingerprint density at radius 1 is 1.27 bits per heavy atom. The van der Waals surface area contributed by atoms with Crippen molar-refractivity contribution in [2.24, 2.45) is 5.92 Å². The van der Waals surface area contributed by atoms with Gasteiger partial charge in [0, 0.05) is 33.4 Å². The molecule has 2 aliphatic heterocycles. The maximum Gasteiger partial charge on any atom is 0.243 e. The molecule has 0 bridgehead atoms. The number of benzene rings is 1. The van der Waals surface area contributed by atoms with E-state index in [9.17, 15) is 17.6 Å². The first-order valence-electron chi connectivity index (χ1n) is 10.6. The SMILES string of the molecule is CC[C@H](C)[C@@H]1NC2(CCN(S(=O)(=O)c3ccc(F)cc3)CC2)N(CCCOC)C1=O. The Morgan fingerprint density at radius 2 is 1.90 bits per heavy atom. The molecule has 0 saturated carbocycles. The van der Waals surface area contributed by atoms with Crippen LogP contribution in [0, 0.1) is 11.7 Å². The predicted molar refractivity (Wildman–Crippen MR) is 112 cm³/mol. The Kier molecular flexibility index (Phi) is 7.16. The van der Waals surface area contributed by atoms with Gasteiger partial charge in [-0.3, -0.25) is 10.1 Å². The third kappa shape index (κ3) is 4.39. The van der Waals surface area contributed by atoms with E-state index < -0.39 is 21.5 Å². The highest BCUT2D eigenvalue weighted by atomic mass is 32.2. The first kappa shape index (κ1) is 23.1. The number of carbonyl (C=O) groups excluding carboxylic acids is 1. The van der Waals surface area contributed by atoms with Crippen LogP contribution in [0.15, 0.2) is 29.2 Å². The number of hydrogen-bond acceptors (Lipinski definition) is 5. The third-order valence-corrected chi connectivity index (χ3v) is 8.33. The number of amides is 1. The molecular weight excluding hydrogens is 409 g/mol. The lowest BCUT2D eigenvalue weighted by atomic mass is 9.96. The standard InChI is InChI=1S/C21H32FN3O4S/c1-4-16(2)19-20(26)25(12-5-15-29-3)21(23-19)10-13-24(14-11-21)30(27,28)18-8-6-17(22)7-9-18/h6-9,16,19,23H,4-5,10-15H2,1-3H3/t16-,19-/m0/s1. The van der Waals surface area contributed by atoms with Crippen LogP contribution in [0.1, 0.15) is 39.5 Å².